The molecule has 2 N–H and O–H groups in total. The lowest BCUT2D eigenvalue weighted by Gasteiger charge is -2.11. The normalized spacial score (nSPS) is 10.6. The molecule has 28 heavy (non-hydrogen) atoms. The molecular formula is C19H15N7OS. The van der Waals surface area contributed by atoms with Gasteiger partial charge < -0.3 is 10.5 Å². The molecule has 0 aliphatic carbocycles. The molecule has 0 saturated carbocycles. The van der Waals surface area contributed by atoms with Crippen LogP contribution in [-0.2, 0) is 13.6 Å². The Morgan fingerprint density at radius 2 is 2.04 bits per heavy atom. The number of rotatable bonds is 5. The van der Waals surface area contributed by atoms with Crippen LogP contribution in [0.4, 0.5) is 0 Å². The van der Waals surface area contributed by atoms with E-state index in [1.165, 1.54) is 11.3 Å². The Morgan fingerprint density at radius 1 is 1.21 bits per heavy atom. The fourth-order valence-corrected chi connectivity index (χ4v) is 3.16. The summed E-state index contributed by atoms with van der Waals surface area (Å²) < 4.78 is 7.74. The molecular weight excluding hydrogens is 374 g/mol. The molecule has 0 fully saturated rings. The van der Waals surface area contributed by atoms with Gasteiger partial charge in [-0.05, 0) is 18.2 Å². The number of nitrogens with zero attached hydrogens (tertiary/aromatic N) is 6. The lowest BCUT2D eigenvalue weighted by atomic mass is 10.1. The molecule has 0 bridgehead atoms. The first-order chi connectivity index (χ1) is 13.7. The number of thiazole rings is 1. The third-order valence-electron chi connectivity index (χ3n) is 4.03. The van der Waals surface area contributed by atoms with E-state index >= 15 is 0 Å². The van der Waals surface area contributed by atoms with Gasteiger partial charge in [-0.3, -0.25) is 4.98 Å². The van der Waals surface area contributed by atoms with Crippen LogP contribution in [0.15, 0.2) is 48.4 Å². The van der Waals surface area contributed by atoms with E-state index in [-0.39, 0.29) is 0 Å². The second-order valence-electron chi connectivity index (χ2n) is 5.90. The van der Waals surface area contributed by atoms with Crippen molar-refractivity contribution in [3.05, 3.63) is 59.5 Å². The monoisotopic (exact) mass is 389 g/mol. The van der Waals surface area contributed by atoms with Gasteiger partial charge in [0.25, 0.3) is 0 Å². The Bertz CT molecular complexity index is 1140. The first-order valence-electron chi connectivity index (χ1n) is 8.34. The zero-order chi connectivity index (χ0) is 19.5. The summed E-state index contributed by atoms with van der Waals surface area (Å²) in [5.74, 6) is 1.48. The Morgan fingerprint density at radius 3 is 2.71 bits per heavy atom. The molecule has 0 radical (unpaired) electrons. The van der Waals surface area contributed by atoms with Crippen molar-refractivity contribution in [1.82, 2.24) is 24.7 Å². The number of nitrogens with two attached hydrogens (primary N) is 1. The molecule has 0 aliphatic rings. The molecule has 3 aromatic heterocycles. The van der Waals surface area contributed by atoms with Crippen LogP contribution < -0.4 is 10.5 Å². The number of benzene rings is 1. The summed E-state index contributed by atoms with van der Waals surface area (Å²) >= 11 is 1.50. The van der Waals surface area contributed by atoms with E-state index in [0.29, 0.717) is 35.1 Å². The van der Waals surface area contributed by atoms with E-state index in [9.17, 15) is 5.26 Å². The molecule has 8 nitrogen and oxygen atoms in total. The molecule has 138 valence electrons. The van der Waals surface area contributed by atoms with Crippen molar-refractivity contribution in [2.24, 2.45) is 12.8 Å². The van der Waals surface area contributed by atoms with Gasteiger partial charge in [0, 0.05) is 43.8 Å². The quantitative estimate of drug-likeness (QED) is 0.557. The average Bonchev–Trinajstić information content (AvgIpc) is 3.38. The highest BCUT2D eigenvalue weighted by Crippen LogP contribution is 2.34. The number of ether oxygens (including phenoxy) is 1. The van der Waals surface area contributed by atoms with Gasteiger partial charge in [0.2, 0.25) is 5.88 Å². The van der Waals surface area contributed by atoms with Gasteiger partial charge >= 0.3 is 0 Å². The van der Waals surface area contributed by atoms with Crippen LogP contribution in [0.2, 0.25) is 0 Å². The molecule has 0 amide bonds. The fraction of sp³-hybridized carbons (Fsp3) is 0.105. The largest absolute Gasteiger partial charge is 0.438 e. The maximum atomic E-state index is 9.27. The Labute approximate surface area is 164 Å². The zero-order valence-electron chi connectivity index (χ0n) is 14.9. The second-order valence-corrected chi connectivity index (χ2v) is 6.79. The summed E-state index contributed by atoms with van der Waals surface area (Å²) in [7, 11) is 1.79. The minimum atomic E-state index is 0.367. The van der Waals surface area contributed by atoms with Crippen molar-refractivity contribution in [2.45, 2.75) is 6.54 Å². The number of hydrogen-bond acceptors (Lipinski definition) is 8. The van der Waals surface area contributed by atoms with E-state index in [2.05, 4.69) is 26.1 Å². The summed E-state index contributed by atoms with van der Waals surface area (Å²) in [6.45, 7) is 0.367. The maximum Gasteiger partial charge on any atom is 0.218 e. The summed E-state index contributed by atoms with van der Waals surface area (Å²) in [5.41, 5.74) is 10.1. The molecule has 9 heteroatoms. The predicted octanol–water partition coefficient (Wildman–Crippen LogP) is 3.12. The Kier molecular flexibility index (Phi) is 4.80. The van der Waals surface area contributed by atoms with Crippen molar-refractivity contribution in [1.29, 1.82) is 5.26 Å². The van der Waals surface area contributed by atoms with Crippen molar-refractivity contribution in [2.75, 3.05) is 0 Å². The van der Waals surface area contributed by atoms with Crippen molar-refractivity contribution in [3.63, 3.8) is 0 Å². The van der Waals surface area contributed by atoms with Gasteiger partial charge in [0.05, 0.1) is 27.6 Å². The highest BCUT2D eigenvalue weighted by molar-refractivity contribution is 7.13. The van der Waals surface area contributed by atoms with Crippen LogP contribution >= 0.6 is 11.3 Å². The van der Waals surface area contributed by atoms with Crippen LogP contribution in [0.1, 0.15) is 11.1 Å². The van der Waals surface area contributed by atoms with E-state index in [0.717, 1.165) is 16.1 Å². The van der Waals surface area contributed by atoms with Crippen LogP contribution in [0, 0.1) is 11.3 Å². The lowest BCUT2D eigenvalue weighted by Crippen LogP contribution is -2.01. The number of aryl methyl sites for hydroxylation is 1. The maximum absolute atomic E-state index is 9.27. The first-order valence-corrected chi connectivity index (χ1v) is 9.22. The highest BCUT2D eigenvalue weighted by Gasteiger charge is 2.15. The van der Waals surface area contributed by atoms with Crippen molar-refractivity contribution < 1.29 is 4.74 Å². The van der Waals surface area contributed by atoms with Crippen LogP contribution in [0.5, 0.6) is 11.6 Å². The average molecular weight is 389 g/mol. The minimum Gasteiger partial charge on any atom is -0.438 e. The van der Waals surface area contributed by atoms with Gasteiger partial charge in [-0.25, -0.2) is 14.6 Å². The van der Waals surface area contributed by atoms with E-state index in [1.54, 1.807) is 54.0 Å². The van der Waals surface area contributed by atoms with Crippen LogP contribution in [-0.4, -0.2) is 24.7 Å². The first kappa shape index (κ1) is 17.8. The molecule has 0 atom stereocenters. The minimum absolute atomic E-state index is 0.367. The van der Waals surface area contributed by atoms with Crippen LogP contribution in [0.25, 0.3) is 22.0 Å². The molecule has 3 heterocycles. The summed E-state index contributed by atoms with van der Waals surface area (Å²) in [6, 6.07) is 9.09. The van der Waals surface area contributed by atoms with E-state index in [1.807, 2.05) is 6.07 Å². The molecule has 0 spiro atoms. The second kappa shape index (κ2) is 7.56. The van der Waals surface area contributed by atoms with Gasteiger partial charge in [0.15, 0.2) is 5.82 Å². The third kappa shape index (κ3) is 3.46. The van der Waals surface area contributed by atoms with Gasteiger partial charge in [0.1, 0.15) is 11.4 Å². The third-order valence-corrected chi connectivity index (χ3v) is 4.82. The highest BCUT2D eigenvalue weighted by atomic mass is 32.1. The molecule has 4 aromatic rings. The zero-order valence-corrected chi connectivity index (χ0v) is 15.7. The molecule has 0 aliphatic heterocycles. The predicted molar refractivity (Wildman–Crippen MR) is 104 cm³/mol. The smallest absolute Gasteiger partial charge is 0.218 e. The standard InChI is InChI=1S/C19H15N7OS/c1-26-18(5-15(25-26)17-10-22-11-28-17)27-16-4-12(6-20)2-3-14(16)19-23-8-13(7-21)9-24-19/h2-5,8-11H,7,21H2,1H3. The SMILES string of the molecule is Cn1nc(-c2cncs2)cc1Oc1cc(C#N)ccc1-c1ncc(CN)cn1. The number of aromatic nitrogens is 5. The van der Waals surface area contributed by atoms with Crippen molar-refractivity contribution in [3.8, 4) is 39.7 Å². The van der Waals surface area contributed by atoms with Crippen molar-refractivity contribution >= 4 is 11.3 Å². The summed E-state index contributed by atoms with van der Waals surface area (Å²) in [5, 5.41) is 13.7. The van der Waals surface area contributed by atoms with Gasteiger partial charge in [-0.1, -0.05) is 0 Å². The fourth-order valence-electron chi connectivity index (χ4n) is 2.58. The Balaban J connectivity index is 1.73. The molecule has 0 saturated heterocycles. The molecule has 1 aromatic carbocycles. The van der Waals surface area contributed by atoms with Crippen LogP contribution in [0.3, 0.4) is 0 Å². The van der Waals surface area contributed by atoms with Gasteiger partial charge in [-0.15, -0.1) is 11.3 Å². The van der Waals surface area contributed by atoms with E-state index < -0.39 is 0 Å². The summed E-state index contributed by atoms with van der Waals surface area (Å²) in [6.07, 6.45) is 5.11. The Hall–Kier alpha value is -3.61. The number of hydrogen-bond donors (Lipinski definition) is 1. The molecule has 0 unspecified atom stereocenters. The number of nitriles is 1. The lowest BCUT2D eigenvalue weighted by molar-refractivity contribution is 0.432. The molecule has 4 rings (SSSR count). The van der Waals surface area contributed by atoms with Gasteiger partial charge in [-0.2, -0.15) is 10.4 Å². The summed E-state index contributed by atoms with van der Waals surface area (Å²) in [4.78, 5) is 13.7. The topological polar surface area (TPSA) is 116 Å². The van der Waals surface area contributed by atoms with E-state index in [4.69, 9.17) is 10.5 Å².